The number of hydrogen-bond donors (Lipinski definition) is 1. The van der Waals surface area contributed by atoms with Crippen molar-refractivity contribution in [1.29, 1.82) is 0 Å². The van der Waals surface area contributed by atoms with E-state index >= 15 is 0 Å². The molecule has 0 saturated carbocycles. The van der Waals surface area contributed by atoms with Crippen molar-refractivity contribution in [3.8, 4) is 0 Å². The standard InChI is InChI=1S/C16H19BF3NO3/c1-14(2)15(3,4)24-17(23-14)10-7-9-5-6-12(22)21-13(9)11(8-10)16(18,19)20/h7-8H,5-6H2,1-4H3,(H,21,22). The zero-order valence-corrected chi connectivity index (χ0v) is 14.0. The summed E-state index contributed by atoms with van der Waals surface area (Å²) in [6, 6.07) is 2.64. The number of benzene rings is 1. The summed E-state index contributed by atoms with van der Waals surface area (Å²) < 4.78 is 52.0. The molecule has 0 unspecified atom stereocenters. The summed E-state index contributed by atoms with van der Waals surface area (Å²) >= 11 is 0. The molecule has 1 fully saturated rings. The molecule has 0 bridgehead atoms. The maximum absolute atomic E-state index is 13.4. The number of amides is 1. The molecule has 4 nitrogen and oxygen atoms in total. The van der Waals surface area contributed by atoms with Crippen LogP contribution < -0.4 is 10.8 Å². The van der Waals surface area contributed by atoms with E-state index in [4.69, 9.17) is 9.31 Å². The Labute approximate surface area is 138 Å². The minimum atomic E-state index is -4.58. The number of rotatable bonds is 1. The summed E-state index contributed by atoms with van der Waals surface area (Å²) in [6.45, 7) is 7.37. The summed E-state index contributed by atoms with van der Waals surface area (Å²) in [5.41, 5.74) is -1.53. The van der Waals surface area contributed by atoms with E-state index in [9.17, 15) is 18.0 Å². The fourth-order valence-corrected chi connectivity index (χ4v) is 2.86. The first-order valence-corrected chi connectivity index (χ1v) is 7.80. The minimum Gasteiger partial charge on any atom is -0.399 e. The van der Waals surface area contributed by atoms with Gasteiger partial charge in [-0.15, -0.1) is 0 Å². The molecule has 2 heterocycles. The van der Waals surface area contributed by atoms with Gasteiger partial charge in [-0.1, -0.05) is 6.07 Å². The second-order valence-corrected chi connectivity index (χ2v) is 7.24. The van der Waals surface area contributed by atoms with E-state index in [0.29, 0.717) is 11.0 Å². The lowest BCUT2D eigenvalue weighted by molar-refractivity contribution is -0.137. The molecule has 0 radical (unpaired) electrons. The Morgan fingerprint density at radius 1 is 1.08 bits per heavy atom. The maximum atomic E-state index is 13.4. The highest BCUT2D eigenvalue weighted by Gasteiger charge is 2.52. The van der Waals surface area contributed by atoms with Crippen molar-refractivity contribution in [3.63, 3.8) is 0 Å². The van der Waals surface area contributed by atoms with Gasteiger partial charge in [0.05, 0.1) is 22.5 Å². The number of aryl methyl sites for hydroxylation is 1. The molecule has 8 heteroatoms. The monoisotopic (exact) mass is 341 g/mol. The van der Waals surface area contributed by atoms with Crippen LogP contribution in [0.3, 0.4) is 0 Å². The Kier molecular flexibility index (Phi) is 3.77. The van der Waals surface area contributed by atoms with Crippen molar-refractivity contribution in [2.75, 3.05) is 5.32 Å². The van der Waals surface area contributed by atoms with E-state index in [-0.39, 0.29) is 18.5 Å². The van der Waals surface area contributed by atoms with Crippen LogP contribution in [-0.4, -0.2) is 24.2 Å². The van der Waals surface area contributed by atoms with Gasteiger partial charge in [0.1, 0.15) is 0 Å². The number of nitrogens with one attached hydrogen (secondary N) is 1. The molecule has 0 aromatic heterocycles. The molecule has 0 aliphatic carbocycles. The topological polar surface area (TPSA) is 47.6 Å². The average Bonchev–Trinajstić information content (AvgIpc) is 2.65. The van der Waals surface area contributed by atoms with Gasteiger partial charge in [0.25, 0.3) is 0 Å². The molecule has 3 rings (SSSR count). The van der Waals surface area contributed by atoms with Gasteiger partial charge in [-0.2, -0.15) is 13.2 Å². The van der Waals surface area contributed by atoms with Crippen LogP contribution in [0.5, 0.6) is 0 Å². The van der Waals surface area contributed by atoms with Gasteiger partial charge in [0, 0.05) is 6.42 Å². The quantitative estimate of drug-likeness (QED) is 0.799. The van der Waals surface area contributed by atoms with Crippen molar-refractivity contribution < 1.29 is 27.3 Å². The van der Waals surface area contributed by atoms with Gasteiger partial charge in [-0.25, -0.2) is 0 Å². The third-order valence-corrected chi connectivity index (χ3v) is 4.96. The second kappa shape index (κ2) is 5.23. The Bertz CT molecular complexity index is 685. The first kappa shape index (κ1) is 17.3. The van der Waals surface area contributed by atoms with Crippen molar-refractivity contribution >= 4 is 24.2 Å². The molecule has 1 amide bonds. The average molecular weight is 341 g/mol. The number of hydrogen-bond acceptors (Lipinski definition) is 3. The van der Waals surface area contributed by atoms with Crippen molar-refractivity contribution in [2.45, 2.75) is 57.9 Å². The molecule has 1 aromatic rings. The molecule has 2 aliphatic rings. The van der Waals surface area contributed by atoms with Gasteiger partial charge >= 0.3 is 13.3 Å². The molecule has 2 aliphatic heterocycles. The van der Waals surface area contributed by atoms with Gasteiger partial charge in [0.2, 0.25) is 5.91 Å². The third kappa shape index (κ3) is 2.82. The first-order chi connectivity index (χ1) is 10.9. The number of anilines is 1. The van der Waals surface area contributed by atoms with E-state index in [2.05, 4.69) is 5.32 Å². The van der Waals surface area contributed by atoms with E-state index in [1.807, 2.05) is 27.7 Å². The SMILES string of the molecule is CC1(C)OB(c2cc3c(c(C(F)(F)F)c2)NC(=O)CC3)OC1(C)C. The Morgan fingerprint density at radius 2 is 1.67 bits per heavy atom. The highest BCUT2D eigenvalue weighted by molar-refractivity contribution is 6.62. The maximum Gasteiger partial charge on any atom is 0.494 e. The number of halogens is 3. The zero-order valence-electron chi connectivity index (χ0n) is 14.0. The van der Waals surface area contributed by atoms with Crippen LogP contribution >= 0.6 is 0 Å². The highest BCUT2D eigenvalue weighted by atomic mass is 19.4. The van der Waals surface area contributed by atoms with Crippen LogP contribution in [0, 0.1) is 0 Å². The fourth-order valence-electron chi connectivity index (χ4n) is 2.86. The molecule has 1 saturated heterocycles. The normalized spacial score (nSPS) is 22.3. The molecule has 1 N–H and O–H groups in total. The lowest BCUT2D eigenvalue weighted by Crippen LogP contribution is -2.41. The van der Waals surface area contributed by atoms with Gasteiger partial charge in [-0.05, 0) is 51.2 Å². The van der Waals surface area contributed by atoms with Crippen LogP contribution in [0.25, 0.3) is 0 Å². The largest absolute Gasteiger partial charge is 0.494 e. The zero-order chi connectivity index (χ0) is 17.9. The van der Waals surface area contributed by atoms with Crippen molar-refractivity contribution in [2.24, 2.45) is 0 Å². The van der Waals surface area contributed by atoms with Gasteiger partial charge in [0.15, 0.2) is 0 Å². The smallest absolute Gasteiger partial charge is 0.399 e. The Hall–Kier alpha value is -1.54. The second-order valence-electron chi connectivity index (χ2n) is 7.24. The predicted molar refractivity (Wildman–Crippen MR) is 84.1 cm³/mol. The van der Waals surface area contributed by atoms with E-state index in [1.165, 1.54) is 0 Å². The van der Waals surface area contributed by atoms with Crippen molar-refractivity contribution in [1.82, 2.24) is 0 Å². The van der Waals surface area contributed by atoms with E-state index < -0.39 is 36.0 Å². The third-order valence-electron chi connectivity index (χ3n) is 4.96. The predicted octanol–water partition coefficient (Wildman–Crippen LogP) is 2.89. The van der Waals surface area contributed by atoms with Gasteiger partial charge < -0.3 is 14.6 Å². The highest BCUT2D eigenvalue weighted by Crippen LogP contribution is 2.40. The summed E-state index contributed by atoms with van der Waals surface area (Å²) in [7, 11) is -0.876. The molecule has 130 valence electrons. The van der Waals surface area contributed by atoms with Crippen LogP contribution in [0.2, 0.25) is 0 Å². The van der Waals surface area contributed by atoms with Crippen LogP contribution in [-0.2, 0) is 26.7 Å². The minimum absolute atomic E-state index is 0.154. The summed E-state index contributed by atoms with van der Waals surface area (Å²) in [6.07, 6.45) is -4.15. The Balaban J connectivity index is 2.07. The van der Waals surface area contributed by atoms with Crippen molar-refractivity contribution in [3.05, 3.63) is 23.3 Å². The molecule has 1 aromatic carbocycles. The lowest BCUT2D eigenvalue weighted by atomic mass is 9.76. The number of carbonyl (C=O) groups excluding carboxylic acids is 1. The van der Waals surface area contributed by atoms with E-state index in [1.54, 1.807) is 6.07 Å². The number of carbonyl (C=O) groups is 1. The summed E-state index contributed by atoms with van der Waals surface area (Å²) in [4.78, 5) is 11.5. The fraction of sp³-hybridized carbons (Fsp3) is 0.562. The molecule has 24 heavy (non-hydrogen) atoms. The first-order valence-electron chi connectivity index (χ1n) is 7.80. The van der Waals surface area contributed by atoms with Gasteiger partial charge in [-0.3, -0.25) is 4.79 Å². The number of alkyl halides is 3. The molecule has 0 atom stereocenters. The molecular weight excluding hydrogens is 322 g/mol. The number of fused-ring (bicyclic) bond motifs is 1. The summed E-state index contributed by atoms with van der Waals surface area (Å²) in [5, 5.41) is 2.34. The van der Waals surface area contributed by atoms with E-state index in [0.717, 1.165) is 6.07 Å². The molecule has 0 spiro atoms. The van der Waals surface area contributed by atoms with Crippen LogP contribution in [0.1, 0.15) is 45.2 Å². The summed E-state index contributed by atoms with van der Waals surface area (Å²) in [5.74, 6) is -0.406. The van der Waals surface area contributed by atoms with Crippen LogP contribution in [0.4, 0.5) is 18.9 Å². The molecular formula is C16H19BF3NO3. The van der Waals surface area contributed by atoms with Crippen LogP contribution in [0.15, 0.2) is 12.1 Å². The Morgan fingerprint density at radius 3 is 2.21 bits per heavy atom. The lowest BCUT2D eigenvalue weighted by Gasteiger charge is -2.32.